The van der Waals surface area contributed by atoms with Gasteiger partial charge in [-0.05, 0) is 19.1 Å². The van der Waals surface area contributed by atoms with E-state index in [1.54, 1.807) is 14.0 Å². The molecule has 0 atom stereocenters. The quantitative estimate of drug-likeness (QED) is 0.764. The van der Waals surface area contributed by atoms with E-state index < -0.39 is 5.41 Å². The number of carbonyl (C=O) groups excluding carboxylic acids is 1. The van der Waals surface area contributed by atoms with Crippen molar-refractivity contribution in [2.75, 3.05) is 26.8 Å². The first-order chi connectivity index (χ1) is 9.90. The minimum Gasteiger partial charge on any atom is -0.396 e. The summed E-state index contributed by atoms with van der Waals surface area (Å²) in [5.74, 6) is -0.236. The van der Waals surface area contributed by atoms with Gasteiger partial charge < -0.3 is 15.1 Å². The first-order valence-corrected chi connectivity index (χ1v) is 6.82. The fraction of sp³-hybridized carbons (Fsp3) is 0.467. The minimum atomic E-state index is -0.730. The summed E-state index contributed by atoms with van der Waals surface area (Å²) in [6.07, 6.45) is 0. The summed E-state index contributed by atoms with van der Waals surface area (Å²) in [5, 5.41) is 26.4. The fourth-order valence-electron chi connectivity index (χ4n) is 2.27. The highest BCUT2D eigenvalue weighted by molar-refractivity contribution is 6.04. The molecular weight excluding hydrogens is 270 g/mol. The summed E-state index contributed by atoms with van der Waals surface area (Å²) in [6.45, 7) is 3.55. The van der Waals surface area contributed by atoms with Gasteiger partial charge in [0.2, 0.25) is 0 Å². The van der Waals surface area contributed by atoms with Crippen molar-refractivity contribution in [2.24, 2.45) is 5.41 Å². The highest BCUT2D eigenvalue weighted by Gasteiger charge is 2.28. The number of hydrogen-bond donors (Lipinski definition) is 3. The van der Waals surface area contributed by atoms with Crippen molar-refractivity contribution >= 4 is 16.8 Å². The minimum absolute atomic E-state index is 0.193. The molecule has 1 aromatic carbocycles. The van der Waals surface area contributed by atoms with Crippen LogP contribution in [-0.4, -0.2) is 58.0 Å². The third-order valence-electron chi connectivity index (χ3n) is 3.65. The van der Waals surface area contributed by atoms with Gasteiger partial charge in [-0.3, -0.25) is 9.89 Å². The molecule has 2 aromatic rings. The van der Waals surface area contributed by atoms with Crippen molar-refractivity contribution in [1.82, 2.24) is 15.1 Å². The Balaban J connectivity index is 2.27. The average molecular weight is 291 g/mol. The molecule has 3 N–H and O–H groups in total. The molecule has 0 saturated carbocycles. The maximum atomic E-state index is 12.5. The molecule has 0 radical (unpaired) electrons. The van der Waals surface area contributed by atoms with Gasteiger partial charge in [-0.1, -0.05) is 18.6 Å². The molecule has 1 aromatic heterocycles. The SMILES string of the molecule is Cc1ccc2[nH]nc(C(=O)N(C)CC(C)(CO)CO)c2c1. The van der Waals surface area contributed by atoms with Crippen LogP contribution in [0.1, 0.15) is 23.0 Å². The lowest BCUT2D eigenvalue weighted by atomic mass is 9.92. The molecule has 0 bridgehead atoms. The van der Waals surface area contributed by atoms with Gasteiger partial charge in [0.1, 0.15) is 0 Å². The van der Waals surface area contributed by atoms with Gasteiger partial charge in [-0.2, -0.15) is 5.10 Å². The average Bonchev–Trinajstić information content (AvgIpc) is 2.89. The normalized spacial score (nSPS) is 11.9. The molecule has 0 saturated heterocycles. The van der Waals surface area contributed by atoms with E-state index in [9.17, 15) is 15.0 Å². The van der Waals surface area contributed by atoms with Crippen LogP contribution < -0.4 is 0 Å². The second-order valence-electron chi connectivity index (χ2n) is 5.91. The molecule has 0 spiro atoms. The summed E-state index contributed by atoms with van der Waals surface area (Å²) >= 11 is 0. The number of aromatic nitrogens is 2. The third kappa shape index (κ3) is 3.06. The van der Waals surface area contributed by atoms with E-state index in [4.69, 9.17) is 0 Å². The summed E-state index contributed by atoms with van der Waals surface area (Å²) in [7, 11) is 1.64. The molecule has 1 amide bonds. The van der Waals surface area contributed by atoms with Crippen LogP contribution in [0.25, 0.3) is 10.9 Å². The number of nitrogens with zero attached hydrogens (tertiary/aromatic N) is 2. The number of aliphatic hydroxyl groups is 2. The van der Waals surface area contributed by atoms with Gasteiger partial charge in [0.25, 0.3) is 5.91 Å². The Morgan fingerprint density at radius 2 is 2.05 bits per heavy atom. The first kappa shape index (κ1) is 15.5. The molecule has 114 valence electrons. The number of amides is 1. The molecule has 1 heterocycles. The van der Waals surface area contributed by atoms with Crippen LogP contribution in [0.3, 0.4) is 0 Å². The zero-order chi connectivity index (χ0) is 15.6. The van der Waals surface area contributed by atoms with Gasteiger partial charge in [-0.15, -0.1) is 0 Å². The second-order valence-corrected chi connectivity index (χ2v) is 5.91. The van der Waals surface area contributed by atoms with Crippen molar-refractivity contribution < 1.29 is 15.0 Å². The Morgan fingerprint density at radius 3 is 2.67 bits per heavy atom. The predicted octanol–water partition coefficient (Wildman–Crippen LogP) is 0.934. The van der Waals surface area contributed by atoms with Gasteiger partial charge in [0.15, 0.2) is 5.69 Å². The van der Waals surface area contributed by atoms with Crippen LogP contribution >= 0.6 is 0 Å². The molecule has 2 rings (SSSR count). The lowest BCUT2D eigenvalue weighted by molar-refractivity contribution is 0.0364. The van der Waals surface area contributed by atoms with Gasteiger partial charge >= 0.3 is 0 Å². The molecule has 0 fully saturated rings. The molecule has 6 nitrogen and oxygen atoms in total. The topological polar surface area (TPSA) is 89.5 Å². The number of rotatable bonds is 5. The highest BCUT2D eigenvalue weighted by Crippen LogP contribution is 2.21. The van der Waals surface area contributed by atoms with E-state index in [1.165, 1.54) is 4.90 Å². The molecule has 0 unspecified atom stereocenters. The second kappa shape index (κ2) is 5.83. The number of aliphatic hydroxyl groups excluding tert-OH is 2. The number of carbonyl (C=O) groups is 1. The van der Waals surface area contributed by atoms with Gasteiger partial charge in [0.05, 0.1) is 18.7 Å². The fourth-order valence-corrected chi connectivity index (χ4v) is 2.27. The van der Waals surface area contributed by atoms with E-state index in [0.717, 1.165) is 16.5 Å². The number of hydrogen-bond acceptors (Lipinski definition) is 4. The summed E-state index contributed by atoms with van der Waals surface area (Å²) in [6, 6.07) is 5.75. The predicted molar refractivity (Wildman–Crippen MR) is 80.1 cm³/mol. The summed E-state index contributed by atoms with van der Waals surface area (Å²) < 4.78 is 0. The van der Waals surface area contributed by atoms with Crippen LogP contribution in [-0.2, 0) is 0 Å². The van der Waals surface area contributed by atoms with Crippen LogP contribution in [0.5, 0.6) is 0 Å². The van der Waals surface area contributed by atoms with Crippen molar-refractivity contribution in [3.63, 3.8) is 0 Å². The molecule has 21 heavy (non-hydrogen) atoms. The molecule has 6 heteroatoms. The highest BCUT2D eigenvalue weighted by atomic mass is 16.3. The maximum Gasteiger partial charge on any atom is 0.274 e. The number of nitrogens with one attached hydrogen (secondary N) is 1. The van der Waals surface area contributed by atoms with E-state index >= 15 is 0 Å². The number of H-pyrrole nitrogens is 1. The molecule has 0 aliphatic carbocycles. The van der Waals surface area contributed by atoms with E-state index in [-0.39, 0.29) is 25.7 Å². The van der Waals surface area contributed by atoms with Crippen LogP contribution in [0.2, 0.25) is 0 Å². The number of aromatic amines is 1. The van der Waals surface area contributed by atoms with E-state index in [2.05, 4.69) is 10.2 Å². The zero-order valence-electron chi connectivity index (χ0n) is 12.6. The molecule has 0 aliphatic rings. The first-order valence-electron chi connectivity index (χ1n) is 6.82. The molecule has 0 aliphatic heterocycles. The molecular formula is C15H21N3O3. The van der Waals surface area contributed by atoms with Crippen LogP contribution in [0.4, 0.5) is 0 Å². The van der Waals surface area contributed by atoms with Gasteiger partial charge in [0, 0.05) is 24.4 Å². The number of fused-ring (bicyclic) bond motifs is 1. The van der Waals surface area contributed by atoms with Crippen LogP contribution in [0, 0.1) is 12.3 Å². The summed E-state index contributed by atoms with van der Waals surface area (Å²) in [4.78, 5) is 14.0. The van der Waals surface area contributed by atoms with Crippen molar-refractivity contribution in [2.45, 2.75) is 13.8 Å². The van der Waals surface area contributed by atoms with Crippen molar-refractivity contribution in [1.29, 1.82) is 0 Å². The summed E-state index contributed by atoms with van der Waals surface area (Å²) in [5.41, 5.74) is 1.49. The van der Waals surface area contributed by atoms with Crippen molar-refractivity contribution in [3.05, 3.63) is 29.5 Å². The van der Waals surface area contributed by atoms with Gasteiger partial charge in [-0.25, -0.2) is 0 Å². The number of benzene rings is 1. The lowest BCUT2D eigenvalue weighted by Gasteiger charge is -2.30. The van der Waals surface area contributed by atoms with E-state index in [1.807, 2.05) is 25.1 Å². The van der Waals surface area contributed by atoms with E-state index in [0.29, 0.717) is 5.69 Å². The standard InChI is InChI=1S/C15H21N3O3/c1-10-4-5-12-11(6-10)13(17-16-12)14(21)18(3)7-15(2,8-19)9-20/h4-6,19-20H,7-9H2,1-3H3,(H,16,17). The Labute approximate surface area is 123 Å². The largest absolute Gasteiger partial charge is 0.396 e. The Kier molecular flexibility index (Phi) is 4.29. The number of aryl methyl sites for hydroxylation is 1. The Hall–Kier alpha value is -1.92. The monoisotopic (exact) mass is 291 g/mol. The Bertz CT molecular complexity index is 647. The third-order valence-corrected chi connectivity index (χ3v) is 3.65. The van der Waals surface area contributed by atoms with Crippen LogP contribution in [0.15, 0.2) is 18.2 Å². The van der Waals surface area contributed by atoms with Crippen molar-refractivity contribution in [3.8, 4) is 0 Å². The smallest absolute Gasteiger partial charge is 0.274 e. The zero-order valence-corrected chi connectivity index (χ0v) is 12.6. The lowest BCUT2D eigenvalue weighted by Crippen LogP contribution is -2.41. The maximum absolute atomic E-state index is 12.5. The Morgan fingerprint density at radius 1 is 1.38 bits per heavy atom.